The van der Waals surface area contributed by atoms with E-state index in [-0.39, 0.29) is 12.5 Å². The summed E-state index contributed by atoms with van der Waals surface area (Å²) in [4.78, 5) is 18.5. The Hall–Kier alpha value is -3.16. The van der Waals surface area contributed by atoms with Crippen LogP contribution >= 0.6 is 0 Å². The highest BCUT2D eigenvalue weighted by Crippen LogP contribution is 2.18. The molecular weight excluding hydrogens is 358 g/mol. The van der Waals surface area contributed by atoms with E-state index in [9.17, 15) is 4.79 Å². The third-order valence-electron chi connectivity index (χ3n) is 4.82. The number of ether oxygens (including phenoxy) is 1. The quantitative estimate of drug-likeness (QED) is 0.674. The van der Waals surface area contributed by atoms with Gasteiger partial charge in [0, 0.05) is 19.2 Å². The molecule has 3 heterocycles. The summed E-state index contributed by atoms with van der Waals surface area (Å²) in [5, 5.41) is 8.02. The van der Waals surface area contributed by atoms with Crippen molar-refractivity contribution in [3.63, 3.8) is 0 Å². The Morgan fingerprint density at radius 1 is 1.07 bits per heavy atom. The Balaban J connectivity index is 1.33. The predicted molar refractivity (Wildman–Crippen MR) is 101 cm³/mol. The average molecular weight is 381 g/mol. The fraction of sp³-hybridized carbons (Fsp3) is 0.400. The molecular formula is C20H23N5O3. The molecule has 2 aromatic heterocycles. The molecule has 8 heteroatoms. The number of carbonyl (C=O) groups excluding carboxylic acids is 1. The Labute approximate surface area is 163 Å². The number of hydrogen-bond acceptors (Lipinski definition) is 6. The summed E-state index contributed by atoms with van der Waals surface area (Å²) in [6, 6.07) is 9.15. The van der Waals surface area contributed by atoms with Crippen LogP contribution in [0.2, 0.25) is 0 Å². The van der Waals surface area contributed by atoms with Gasteiger partial charge in [-0.3, -0.25) is 4.79 Å². The molecule has 1 saturated heterocycles. The summed E-state index contributed by atoms with van der Waals surface area (Å²) >= 11 is 0. The monoisotopic (exact) mass is 381 g/mol. The fourth-order valence-electron chi connectivity index (χ4n) is 3.29. The van der Waals surface area contributed by atoms with Gasteiger partial charge in [-0.1, -0.05) is 24.4 Å². The van der Waals surface area contributed by atoms with Gasteiger partial charge >= 0.3 is 0 Å². The first-order valence-electron chi connectivity index (χ1n) is 9.62. The van der Waals surface area contributed by atoms with Crippen molar-refractivity contribution in [2.45, 2.75) is 38.7 Å². The summed E-state index contributed by atoms with van der Waals surface area (Å²) in [6.07, 6.45) is 8.83. The number of rotatable bonds is 5. The standard InChI is InChI=1S/C20H23N5O3/c26-20(24-10-4-2-1-3-5-11-24)19-12-18(28-23-19)13-27-17-8-6-16(7-9-17)25-15-21-14-22-25/h6-9,12,14-15H,1-5,10-11,13H2. The highest BCUT2D eigenvalue weighted by molar-refractivity contribution is 5.92. The van der Waals surface area contributed by atoms with Gasteiger partial charge < -0.3 is 14.2 Å². The number of aromatic nitrogens is 4. The van der Waals surface area contributed by atoms with Crippen LogP contribution < -0.4 is 4.74 Å². The Morgan fingerprint density at radius 3 is 2.54 bits per heavy atom. The normalized spacial score (nSPS) is 15.1. The average Bonchev–Trinajstić information content (AvgIpc) is 3.38. The summed E-state index contributed by atoms with van der Waals surface area (Å²) < 4.78 is 12.7. The zero-order valence-corrected chi connectivity index (χ0v) is 15.7. The smallest absolute Gasteiger partial charge is 0.276 e. The fourth-order valence-corrected chi connectivity index (χ4v) is 3.29. The van der Waals surface area contributed by atoms with E-state index in [1.54, 1.807) is 17.1 Å². The molecule has 3 aromatic rings. The van der Waals surface area contributed by atoms with Crippen LogP contribution in [-0.4, -0.2) is 43.8 Å². The second-order valence-electron chi connectivity index (χ2n) is 6.86. The topological polar surface area (TPSA) is 86.3 Å². The summed E-state index contributed by atoms with van der Waals surface area (Å²) in [6.45, 7) is 1.79. The number of nitrogens with zero attached hydrogens (tertiary/aromatic N) is 5. The first-order valence-corrected chi connectivity index (χ1v) is 9.62. The maximum atomic E-state index is 12.7. The molecule has 1 amide bonds. The molecule has 0 N–H and O–H groups in total. The van der Waals surface area contributed by atoms with Crippen molar-refractivity contribution in [2.75, 3.05) is 13.1 Å². The van der Waals surface area contributed by atoms with Gasteiger partial charge in [-0.15, -0.1) is 0 Å². The Bertz CT molecular complexity index is 881. The highest BCUT2D eigenvalue weighted by Gasteiger charge is 2.20. The van der Waals surface area contributed by atoms with Crippen LogP contribution in [0.3, 0.4) is 0 Å². The van der Waals surface area contributed by atoms with Crippen LogP contribution in [0.15, 0.2) is 47.5 Å². The van der Waals surface area contributed by atoms with Gasteiger partial charge in [0.2, 0.25) is 0 Å². The highest BCUT2D eigenvalue weighted by atomic mass is 16.5. The van der Waals surface area contributed by atoms with E-state index >= 15 is 0 Å². The molecule has 0 saturated carbocycles. The van der Waals surface area contributed by atoms with Crippen LogP contribution in [0.1, 0.15) is 48.4 Å². The molecule has 0 unspecified atom stereocenters. The molecule has 0 radical (unpaired) electrons. The van der Waals surface area contributed by atoms with Gasteiger partial charge in [0.05, 0.1) is 5.69 Å². The number of hydrogen-bond donors (Lipinski definition) is 0. The molecule has 0 atom stereocenters. The van der Waals surface area contributed by atoms with Crippen molar-refractivity contribution in [3.05, 3.63) is 54.4 Å². The van der Waals surface area contributed by atoms with Gasteiger partial charge in [-0.25, -0.2) is 9.67 Å². The van der Waals surface area contributed by atoms with E-state index in [2.05, 4.69) is 15.2 Å². The molecule has 28 heavy (non-hydrogen) atoms. The molecule has 1 aliphatic rings. The van der Waals surface area contributed by atoms with E-state index in [0.29, 0.717) is 17.2 Å². The first-order chi connectivity index (χ1) is 13.8. The zero-order valence-electron chi connectivity index (χ0n) is 15.7. The molecule has 0 spiro atoms. The maximum absolute atomic E-state index is 12.7. The van der Waals surface area contributed by atoms with E-state index in [4.69, 9.17) is 9.26 Å². The third-order valence-corrected chi connectivity index (χ3v) is 4.82. The van der Waals surface area contributed by atoms with Crippen LogP contribution in [0.25, 0.3) is 5.69 Å². The lowest BCUT2D eigenvalue weighted by molar-refractivity contribution is 0.0731. The minimum absolute atomic E-state index is 0.0610. The minimum Gasteiger partial charge on any atom is -0.486 e. The van der Waals surface area contributed by atoms with Crippen molar-refractivity contribution >= 4 is 5.91 Å². The van der Waals surface area contributed by atoms with E-state index in [1.165, 1.54) is 25.6 Å². The van der Waals surface area contributed by atoms with Gasteiger partial charge in [0.15, 0.2) is 11.5 Å². The second-order valence-corrected chi connectivity index (χ2v) is 6.86. The number of carbonyl (C=O) groups is 1. The molecule has 146 valence electrons. The first kappa shape index (κ1) is 18.2. The molecule has 0 aliphatic carbocycles. The molecule has 0 bridgehead atoms. The van der Waals surface area contributed by atoms with Crippen LogP contribution in [0.4, 0.5) is 0 Å². The van der Waals surface area contributed by atoms with Crippen molar-refractivity contribution in [3.8, 4) is 11.4 Å². The van der Waals surface area contributed by atoms with Crippen molar-refractivity contribution in [2.24, 2.45) is 0 Å². The van der Waals surface area contributed by atoms with Crippen molar-refractivity contribution in [1.29, 1.82) is 0 Å². The SMILES string of the molecule is O=C(c1cc(COc2ccc(-n3cncn3)cc2)on1)N1CCCCCCC1. The summed E-state index contributed by atoms with van der Waals surface area (Å²) in [5.74, 6) is 1.15. The van der Waals surface area contributed by atoms with E-state index < -0.39 is 0 Å². The Kier molecular flexibility index (Phi) is 5.65. The lowest BCUT2D eigenvalue weighted by Gasteiger charge is -2.23. The van der Waals surface area contributed by atoms with Crippen LogP contribution in [0, 0.1) is 0 Å². The van der Waals surface area contributed by atoms with Crippen LogP contribution in [-0.2, 0) is 6.61 Å². The number of benzene rings is 1. The van der Waals surface area contributed by atoms with Gasteiger partial charge in [0.25, 0.3) is 5.91 Å². The third kappa shape index (κ3) is 4.39. The lowest BCUT2D eigenvalue weighted by atomic mass is 10.1. The van der Waals surface area contributed by atoms with Gasteiger partial charge in [-0.05, 0) is 37.1 Å². The van der Waals surface area contributed by atoms with Gasteiger partial charge in [0.1, 0.15) is 25.0 Å². The molecule has 1 fully saturated rings. The number of likely N-dealkylation sites (tertiary alicyclic amines) is 1. The van der Waals surface area contributed by atoms with E-state index in [1.807, 2.05) is 29.2 Å². The second kappa shape index (κ2) is 8.69. The molecule has 8 nitrogen and oxygen atoms in total. The van der Waals surface area contributed by atoms with E-state index in [0.717, 1.165) is 31.6 Å². The Morgan fingerprint density at radius 2 is 1.82 bits per heavy atom. The number of amides is 1. The lowest BCUT2D eigenvalue weighted by Crippen LogP contribution is -2.34. The summed E-state index contributed by atoms with van der Waals surface area (Å²) in [5.41, 5.74) is 1.24. The summed E-state index contributed by atoms with van der Waals surface area (Å²) in [7, 11) is 0. The maximum Gasteiger partial charge on any atom is 0.276 e. The van der Waals surface area contributed by atoms with Crippen molar-refractivity contribution in [1.82, 2.24) is 24.8 Å². The molecule has 1 aliphatic heterocycles. The molecule has 4 rings (SSSR count). The largest absolute Gasteiger partial charge is 0.486 e. The molecule has 1 aromatic carbocycles. The predicted octanol–water partition coefficient (Wildman–Crippen LogP) is 3.24. The zero-order chi connectivity index (χ0) is 19.2. The van der Waals surface area contributed by atoms with Crippen LogP contribution in [0.5, 0.6) is 5.75 Å². The minimum atomic E-state index is -0.0610. The van der Waals surface area contributed by atoms with Gasteiger partial charge in [-0.2, -0.15) is 5.10 Å². The van der Waals surface area contributed by atoms with Crippen molar-refractivity contribution < 1.29 is 14.1 Å².